The van der Waals surface area contributed by atoms with Crippen molar-refractivity contribution in [2.24, 2.45) is 10.9 Å². The predicted molar refractivity (Wildman–Crippen MR) is 110 cm³/mol. The van der Waals surface area contributed by atoms with Crippen LogP contribution in [0.15, 0.2) is 9.52 Å². The predicted octanol–water partition coefficient (Wildman–Crippen LogP) is 1.27. The first kappa shape index (κ1) is 21.5. The Hall–Kier alpha value is -2.16. The van der Waals surface area contributed by atoms with Crippen LogP contribution in [0.4, 0.5) is 0 Å². The van der Waals surface area contributed by atoms with Crippen LogP contribution < -0.4 is 5.32 Å². The van der Waals surface area contributed by atoms with E-state index in [4.69, 9.17) is 14.3 Å². The normalized spacial score (nSPS) is 19.1. The number of aliphatic imine (C=N–C) groups is 1. The molecule has 9 nitrogen and oxygen atoms in total. The van der Waals surface area contributed by atoms with Crippen LogP contribution >= 0.6 is 0 Å². The first-order valence-corrected chi connectivity index (χ1v) is 10.8. The smallest absolute Gasteiger partial charge is 0.228 e. The number of carbonyl (C=O) groups is 1. The number of carbonyl (C=O) groups excluding carboxylic acids is 1. The number of hydrogen-bond acceptors (Lipinski definition) is 6. The molecule has 0 atom stereocenters. The number of nitrogens with zero attached hydrogens (tertiary/aromatic N) is 5. The highest BCUT2D eigenvalue weighted by atomic mass is 16.5. The van der Waals surface area contributed by atoms with Gasteiger partial charge in [0.1, 0.15) is 0 Å². The lowest BCUT2D eigenvalue weighted by Gasteiger charge is -2.36. The molecule has 2 saturated heterocycles. The number of amides is 1. The summed E-state index contributed by atoms with van der Waals surface area (Å²) in [7, 11) is 0. The second-order valence-electron chi connectivity index (χ2n) is 7.89. The van der Waals surface area contributed by atoms with Gasteiger partial charge < -0.3 is 24.4 Å². The molecule has 3 heterocycles. The molecule has 2 aliphatic heterocycles. The lowest BCUT2D eigenvalue weighted by Crippen LogP contribution is -2.50. The third kappa shape index (κ3) is 5.91. The van der Waals surface area contributed by atoms with Crippen molar-refractivity contribution < 1.29 is 14.1 Å². The second kappa shape index (κ2) is 10.6. The summed E-state index contributed by atoms with van der Waals surface area (Å²) in [5.74, 6) is 2.92. The SMILES string of the molecule is CCNC(=NCCc1nc(C(C)C)no1)N1CCC(C(=O)N2CCOCC2)CC1. The molecule has 0 radical (unpaired) electrons. The third-order valence-electron chi connectivity index (χ3n) is 5.39. The first-order chi connectivity index (χ1) is 14.1. The summed E-state index contributed by atoms with van der Waals surface area (Å²) in [6, 6.07) is 0. The van der Waals surface area contributed by atoms with Gasteiger partial charge >= 0.3 is 0 Å². The van der Waals surface area contributed by atoms with E-state index in [1.807, 2.05) is 18.7 Å². The van der Waals surface area contributed by atoms with Crippen molar-refractivity contribution in [3.05, 3.63) is 11.7 Å². The molecule has 1 aromatic heterocycles. The molecule has 0 unspecified atom stereocenters. The molecule has 0 aliphatic carbocycles. The Bertz CT molecular complexity index is 676. The fourth-order valence-electron chi connectivity index (χ4n) is 3.67. The zero-order valence-electron chi connectivity index (χ0n) is 17.9. The molecule has 29 heavy (non-hydrogen) atoms. The van der Waals surface area contributed by atoms with Gasteiger partial charge in [0.15, 0.2) is 11.8 Å². The molecule has 0 aromatic carbocycles. The van der Waals surface area contributed by atoms with E-state index in [1.54, 1.807) is 0 Å². The van der Waals surface area contributed by atoms with E-state index in [1.165, 1.54) is 0 Å². The molecule has 2 fully saturated rings. The molecule has 3 rings (SSSR count). The van der Waals surface area contributed by atoms with Crippen LogP contribution in [0.3, 0.4) is 0 Å². The van der Waals surface area contributed by atoms with Crippen molar-refractivity contribution in [1.29, 1.82) is 0 Å². The van der Waals surface area contributed by atoms with Gasteiger partial charge in [0, 0.05) is 51.0 Å². The Morgan fingerprint density at radius 1 is 1.21 bits per heavy atom. The number of rotatable bonds is 6. The summed E-state index contributed by atoms with van der Waals surface area (Å²) in [6.07, 6.45) is 2.35. The van der Waals surface area contributed by atoms with Crippen molar-refractivity contribution in [2.75, 3.05) is 52.5 Å². The molecule has 1 amide bonds. The van der Waals surface area contributed by atoms with Crippen molar-refractivity contribution >= 4 is 11.9 Å². The Morgan fingerprint density at radius 3 is 2.55 bits per heavy atom. The second-order valence-corrected chi connectivity index (χ2v) is 7.89. The zero-order chi connectivity index (χ0) is 20.6. The van der Waals surface area contributed by atoms with Gasteiger partial charge in [0.25, 0.3) is 0 Å². The molecule has 0 spiro atoms. The molecule has 2 aliphatic rings. The number of nitrogens with one attached hydrogen (secondary N) is 1. The lowest BCUT2D eigenvalue weighted by atomic mass is 9.95. The number of hydrogen-bond donors (Lipinski definition) is 1. The van der Waals surface area contributed by atoms with E-state index >= 15 is 0 Å². The number of piperidine rings is 1. The van der Waals surface area contributed by atoms with Gasteiger partial charge in [-0.2, -0.15) is 4.98 Å². The van der Waals surface area contributed by atoms with Gasteiger partial charge in [-0.3, -0.25) is 9.79 Å². The van der Waals surface area contributed by atoms with Crippen molar-refractivity contribution in [2.45, 2.75) is 46.0 Å². The summed E-state index contributed by atoms with van der Waals surface area (Å²) < 4.78 is 10.6. The van der Waals surface area contributed by atoms with Crippen LogP contribution in [-0.2, 0) is 16.0 Å². The highest BCUT2D eigenvalue weighted by Gasteiger charge is 2.30. The minimum atomic E-state index is 0.111. The highest BCUT2D eigenvalue weighted by Crippen LogP contribution is 2.20. The van der Waals surface area contributed by atoms with Crippen LogP contribution in [-0.4, -0.2) is 84.3 Å². The molecule has 9 heteroatoms. The van der Waals surface area contributed by atoms with E-state index in [0.29, 0.717) is 32.1 Å². The molecule has 162 valence electrons. The topological polar surface area (TPSA) is 96.1 Å². The van der Waals surface area contributed by atoms with E-state index < -0.39 is 0 Å². The van der Waals surface area contributed by atoms with Crippen LogP contribution in [0.5, 0.6) is 0 Å². The van der Waals surface area contributed by atoms with Crippen LogP contribution in [0, 0.1) is 5.92 Å². The fourth-order valence-corrected chi connectivity index (χ4v) is 3.67. The monoisotopic (exact) mass is 406 g/mol. The summed E-state index contributed by atoms with van der Waals surface area (Å²) in [5, 5.41) is 7.37. The van der Waals surface area contributed by atoms with E-state index in [0.717, 1.165) is 57.3 Å². The number of aromatic nitrogens is 2. The molecule has 1 aromatic rings. The Kier molecular flexibility index (Phi) is 7.85. The average Bonchev–Trinajstić information content (AvgIpc) is 3.23. The summed E-state index contributed by atoms with van der Waals surface area (Å²) in [4.78, 5) is 26.1. The number of guanidine groups is 1. The maximum absolute atomic E-state index is 12.7. The number of ether oxygens (including phenoxy) is 1. The molecular formula is C20H34N6O3. The minimum Gasteiger partial charge on any atom is -0.378 e. The molecule has 0 bridgehead atoms. The number of morpholine rings is 1. The zero-order valence-corrected chi connectivity index (χ0v) is 17.9. The minimum absolute atomic E-state index is 0.111. The van der Waals surface area contributed by atoms with Gasteiger partial charge in [-0.1, -0.05) is 19.0 Å². The largest absolute Gasteiger partial charge is 0.378 e. The van der Waals surface area contributed by atoms with Gasteiger partial charge in [0.05, 0.1) is 19.8 Å². The van der Waals surface area contributed by atoms with Crippen LogP contribution in [0.2, 0.25) is 0 Å². The van der Waals surface area contributed by atoms with Crippen LogP contribution in [0.25, 0.3) is 0 Å². The van der Waals surface area contributed by atoms with Gasteiger partial charge in [-0.15, -0.1) is 0 Å². The maximum atomic E-state index is 12.7. The molecule has 0 saturated carbocycles. The maximum Gasteiger partial charge on any atom is 0.228 e. The quantitative estimate of drug-likeness (QED) is 0.561. The summed E-state index contributed by atoms with van der Waals surface area (Å²) in [6.45, 7) is 12.0. The molecular weight excluding hydrogens is 372 g/mol. The van der Waals surface area contributed by atoms with E-state index in [9.17, 15) is 4.79 Å². The van der Waals surface area contributed by atoms with Gasteiger partial charge in [0.2, 0.25) is 11.8 Å². The average molecular weight is 407 g/mol. The Morgan fingerprint density at radius 2 is 1.93 bits per heavy atom. The standard InChI is InChI=1S/C20H34N6O3/c1-4-21-20(22-8-5-17-23-18(15(2)3)24-29-17)26-9-6-16(7-10-26)19(27)25-11-13-28-14-12-25/h15-16H,4-14H2,1-3H3,(H,21,22). The van der Waals surface area contributed by atoms with Crippen molar-refractivity contribution in [3.63, 3.8) is 0 Å². The summed E-state index contributed by atoms with van der Waals surface area (Å²) in [5.41, 5.74) is 0. The highest BCUT2D eigenvalue weighted by molar-refractivity contribution is 5.81. The first-order valence-electron chi connectivity index (χ1n) is 10.8. The Labute approximate surface area is 172 Å². The summed E-state index contributed by atoms with van der Waals surface area (Å²) >= 11 is 0. The van der Waals surface area contributed by atoms with E-state index in [2.05, 4.69) is 27.3 Å². The lowest BCUT2D eigenvalue weighted by molar-refractivity contribution is -0.140. The van der Waals surface area contributed by atoms with Gasteiger partial charge in [-0.25, -0.2) is 0 Å². The molecule has 1 N–H and O–H groups in total. The van der Waals surface area contributed by atoms with Crippen molar-refractivity contribution in [1.82, 2.24) is 25.3 Å². The van der Waals surface area contributed by atoms with E-state index in [-0.39, 0.29) is 17.7 Å². The third-order valence-corrected chi connectivity index (χ3v) is 5.39. The van der Waals surface area contributed by atoms with Crippen LogP contribution in [0.1, 0.15) is 51.2 Å². The Balaban J connectivity index is 1.50. The fraction of sp³-hybridized carbons (Fsp3) is 0.800. The van der Waals surface area contributed by atoms with Crippen molar-refractivity contribution in [3.8, 4) is 0 Å². The van der Waals surface area contributed by atoms with Gasteiger partial charge in [-0.05, 0) is 19.8 Å². The number of likely N-dealkylation sites (tertiary alicyclic amines) is 1.